The van der Waals surface area contributed by atoms with Crippen molar-refractivity contribution in [2.24, 2.45) is 0 Å². The van der Waals surface area contributed by atoms with Crippen LogP contribution >= 0.6 is 0 Å². The second kappa shape index (κ2) is 16.2. The summed E-state index contributed by atoms with van der Waals surface area (Å²) >= 11 is 0. The maximum Gasteiger partial charge on any atom is 0.143 e. The van der Waals surface area contributed by atoms with Crippen molar-refractivity contribution in [3.05, 3.63) is 263 Å². The number of benzene rings is 10. The lowest BCUT2D eigenvalue weighted by Crippen LogP contribution is -2.28. The Morgan fingerprint density at radius 3 is 1.59 bits per heavy atom. The largest absolute Gasteiger partial charge is 0.455 e. The average Bonchev–Trinajstić information content (AvgIpc) is 4.04. The molecule has 0 spiro atoms. The molecule has 0 aliphatic heterocycles. The molecule has 0 N–H and O–H groups in total. The summed E-state index contributed by atoms with van der Waals surface area (Å²) in [7, 11) is 0. The molecule has 0 atom stereocenters. The number of rotatable bonds is 5. The number of furan rings is 2. The maximum absolute atomic E-state index is 14.9. The second-order valence-electron chi connectivity index (χ2n) is 17.9. The van der Waals surface area contributed by atoms with Crippen LogP contribution < -0.4 is 0 Å². The molecule has 0 unspecified atom stereocenters. The highest BCUT2D eigenvalue weighted by Crippen LogP contribution is 2.56. The van der Waals surface area contributed by atoms with Crippen molar-refractivity contribution in [3.63, 3.8) is 0 Å². The molecule has 2 aromatic heterocycles. The Bertz CT molecular complexity index is 3860. The van der Waals surface area contributed by atoms with Crippen LogP contribution in [0.15, 0.2) is 221 Å². The summed E-state index contributed by atoms with van der Waals surface area (Å²) in [4.78, 5) is 0. The highest BCUT2D eigenvalue weighted by atomic mass is 19.1. The molecular formula is C64H44F2O2. The van der Waals surface area contributed by atoms with E-state index in [1.54, 1.807) is 12.1 Å². The molecule has 1 aliphatic carbocycles. The summed E-state index contributed by atoms with van der Waals surface area (Å²) in [6.45, 7) is 6.44. The zero-order chi connectivity index (χ0) is 46.1. The van der Waals surface area contributed by atoms with Gasteiger partial charge in [0.05, 0.1) is 5.41 Å². The van der Waals surface area contributed by atoms with Gasteiger partial charge in [-0.2, -0.15) is 0 Å². The predicted molar refractivity (Wildman–Crippen MR) is 275 cm³/mol. The third-order valence-electron chi connectivity index (χ3n) is 14.0. The Morgan fingerprint density at radius 2 is 0.853 bits per heavy atom. The quantitative estimate of drug-likeness (QED) is 0.172. The topological polar surface area (TPSA) is 26.3 Å². The fraction of sp³-hybridized carbons (Fsp3) is 0.0625. The first kappa shape index (κ1) is 41.1. The molecule has 0 saturated carbocycles. The van der Waals surface area contributed by atoms with E-state index in [0.717, 1.165) is 83.2 Å². The van der Waals surface area contributed by atoms with Crippen LogP contribution in [0.2, 0.25) is 0 Å². The fourth-order valence-corrected chi connectivity index (χ4v) is 10.8. The van der Waals surface area contributed by atoms with E-state index >= 15 is 0 Å². The van der Waals surface area contributed by atoms with Gasteiger partial charge < -0.3 is 8.83 Å². The van der Waals surface area contributed by atoms with Gasteiger partial charge in [0.1, 0.15) is 34.0 Å². The minimum absolute atomic E-state index is 0.319. The molecule has 13 rings (SSSR count). The van der Waals surface area contributed by atoms with Crippen LogP contribution in [0, 0.1) is 32.4 Å². The number of hydrogen-bond donors (Lipinski definition) is 0. The second-order valence-corrected chi connectivity index (χ2v) is 17.9. The van der Waals surface area contributed by atoms with Crippen molar-refractivity contribution in [2.45, 2.75) is 26.2 Å². The van der Waals surface area contributed by atoms with E-state index in [4.69, 9.17) is 8.83 Å². The molecule has 12 aromatic rings. The van der Waals surface area contributed by atoms with Gasteiger partial charge in [0.15, 0.2) is 0 Å². The molecule has 326 valence electrons. The van der Waals surface area contributed by atoms with Crippen LogP contribution in [0.5, 0.6) is 0 Å². The van der Waals surface area contributed by atoms with Gasteiger partial charge in [-0.25, -0.2) is 8.78 Å². The maximum atomic E-state index is 14.9. The SMILES string of the molecule is Cc1cccc2oc3c(-c4ccc(C5(c6ccccc6)c6cc(F)ccc6-c6ccc(F)cc65)cc4)cccc3c12.Cc1ccccc1-c1cc(-c2cccc3c2oc2ccccc23)ccc1C. The normalized spacial score (nSPS) is 12.6. The Labute approximate surface area is 393 Å². The lowest BCUT2D eigenvalue weighted by molar-refractivity contribution is 0.616. The van der Waals surface area contributed by atoms with Crippen molar-refractivity contribution in [3.8, 4) is 44.5 Å². The average molecular weight is 883 g/mol. The minimum atomic E-state index is -0.878. The Kier molecular flexibility index (Phi) is 9.81. The third kappa shape index (κ3) is 6.51. The van der Waals surface area contributed by atoms with E-state index in [0.29, 0.717) is 0 Å². The fourth-order valence-electron chi connectivity index (χ4n) is 10.8. The number of hydrogen-bond acceptors (Lipinski definition) is 2. The van der Waals surface area contributed by atoms with Crippen molar-refractivity contribution < 1.29 is 17.6 Å². The molecular weight excluding hydrogens is 839 g/mol. The smallest absolute Gasteiger partial charge is 0.143 e. The molecule has 0 bridgehead atoms. The predicted octanol–water partition coefficient (Wildman–Crippen LogP) is 17.7. The van der Waals surface area contributed by atoms with Crippen LogP contribution in [0.4, 0.5) is 8.78 Å². The summed E-state index contributed by atoms with van der Waals surface area (Å²) in [6, 6.07) is 70.4. The summed E-state index contributed by atoms with van der Waals surface area (Å²) in [6.07, 6.45) is 0. The van der Waals surface area contributed by atoms with E-state index in [1.165, 1.54) is 56.3 Å². The van der Waals surface area contributed by atoms with Gasteiger partial charge in [0, 0.05) is 32.7 Å². The first-order valence-corrected chi connectivity index (χ1v) is 23.0. The first-order valence-electron chi connectivity index (χ1n) is 23.0. The van der Waals surface area contributed by atoms with Crippen LogP contribution in [0.3, 0.4) is 0 Å². The highest BCUT2D eigenvalue weighted by molar-refractivity contribution is 6.11. The van der Waals surface area contributed by atoms with E-state index in [-0.39, 0.29) is 11.6 Å². The zero-order valence-electron chi connectivity index (χ0n) is 37.8. The van der Waals surface area contributed by atoms with Crippen LogP contribution in [-0.2, 0) is 5.41 Å². The minimum Gasteiger partial charge on any atom is -0.455 e. The van der Waals surface area contributed by atoms with Crippen molar-refractivity contribution in [2.75, 3.05) is 0 Å². The number of aryl methyl sites for hydroxylation is 3. The molecule has 4 heteroatoms. The summed E-state index contributed by atoms with van der Waals surface area (Å²) in [5.41, 5.74) is 18.7. The molecule has 0 saturated heterocycles. The van der Waals surface area contributed by atoms with Gasteiger partial charge in [-0.3, -0.25) is 0 Å². The van der Waals surface area contributed by atoms with Gasteiger partial charge in [-0.1, -0.05) is 170 Å². The van der Waals surface area contributed by atoms with Gasteiger partial charge in [0.25, 0.3) is 0 Å². The summed E-state index contributed by atoms with van der Waals surface area (Å²) in [5.74, 6) is -0.637. The monoisotopic (exact) mass is 882 g/mol. The molecule has 0 fully saturated rings. The van der Waals surface area contributed by atoms with Gasteiger partial charge >= 0.3 is 0 Å². The summed E-state index contributed by atoms with van der Waals surface area (Å²) < 4.78 is 42.4. The van der Waals surface area contributed by atoms with Gasteiger partial charge in [0.2, 0.25) is 0 Å². The van der Waals surface area contributed by atoms with Crippen LogP contribution in [0.1, 0.15) is 38.9 Å². The van der Waals surface area contributed by atoms with Crippen LogP contribution in [0.25, 0.3) is 88.4 Å². The zero-order valence-corrected chi connectivity index (χ0v) is 37.8. The number of halogens is 2. The third-order valence-corrected chi connectivity index (χ3v) is 14.0. The van der Waals surface area contributed by atoms with Gasteiger partial charge in [-0.15, -0.1) is 0 Å². The van der Waals surface area contributed by atoms with E-state index in [1.807, 2.05) is 66.7 Å². The lowest BCUT2D eigenvalue weighted by Gasteiger charge is -2.34. The summed E-state index contributed by atoms with van der Waals surface area (Å²) in [5, 5.41) is 4.55. The van der Waals surface area contributed by atoms with Gasteiger partial charge in [-0.05, 0) is 136 Å². The van der Waals surface area contributed by atoms with Crippen molar-refractivity contribution >= 4 is 43.9 Å². The van der Waals surface area contributed by atoms with Crippen LogP contribution in [-0.4, -0.2) is 0 Å². The highest BCUT2D eigenvalue weighted by Gasteiger charge is 2.46. The molecule has 10 aromatic carbocycles. The standard InChI is InChI=1S/C38H24F2O.C26H20O/c1-23-7-5-12-35-36(23)32-11-6-10-29(37(32)41-35)24-13-15-26(16-14-24)38(25-8-3-2-4-9-25)33-21-27(39)17-19-30(33)31-20-18-28(40)22-34(31)38;1-17-8-3-4-9-20(17)24-16-19(15-14-18(24)2)21-11-7-12-23-22-10-5-6-13-25(22)27-26(21)23/h2-22H,1H3;3-16H,1-2H3. The first-order chi connectivity index (χ1) is 33.3. The Balaban J connectivity index is 0.000000154. The number of para-hydroxylation sites is 3. The van der Waals surface area contributed by atoms with E-state index < -0.39 is 5.41 Å². The molecule has 1 aliphatic rings. The molecule has 2 heterocycles. The molecule has 0 radical (unpaired) electrons. The van der Waals surface area contributed by atoms with Crippen molar-refractivity contribution in [1.29, 1.82) is 0 Å². The Morgan fingerprint density at radius 1 is 0.338 bits per heavy atom. The van der Waals surface area contributed by atoms with Crippen molar-refractivity contribution in [1.82, 2.24) is 0 Å². The van der Waals surface area contributed by atoms with E-state index in [9.17, 15) is 8.78 Å². The molecule has 68 heavy (non-hydrogen) atoms. The Hall–Kier alpha value is -8.34. The van der Waals surface area contributed by atoms with E-state index in [2.05, 4.69) is 142 Å². The molecule has 0 amide bonds. The lowest BCUT2D eigenvalue weighted by atomic mass is 9.67. The molecule has 2 nitrogen and oxygen atoms in total. The number of fused-ring (bicyclic) bond motifs is 9.